The molecule has 0 saturated carbocycles. The highest BCUT2D eigenvalue weighted by atomic mass is 32.2. The van der Waals surface area contributed by atoms with E-state index in [1.807, 2.05) is 6.92 Å². The Morgan fingerprint density at radius 2 is 2.28 bits per heavy atom. The summed E-state index contributed by atoms with van der Waals surface area (Å²) in [5, 5.41) is 3.44. The predicted molar refractivity (Wildman–Crippen MR) is 71.5 cm³/mol. The average Bonchev–Trinajstić information content (AvgIpc) is 2.78. The maximum Gasteiger partial charge on any atom is 0.153 e. The first-order valence-corrected chi connectivity index (χ1v) is 8.62. The molecule has 18 heavy (non-hydrogen) atoms. The lowest BCUT2D eigenvalue weighted by atomic mass is 10.1. The van der Waals surface area contributed by atoms with Gasteiger partial charge in [-0.1, -0.05) is 0 Å². The van der Waals surface area contributed by atoms with Crippen LogP contribution in [0.5, 0.6) is 0 Å². The van der Waals surface area contributed by atoms with Crippen LogP contribution in [0.4, 0.5) is 0 Å². The van der Waals surface area contributed by atoms with Gasteiger partial charge in [0.1, 0.15) is 0 Å². The molecule has 2 rings (SSSR count). The normalized spacial score (nSPS) is 32.7. The zero-order valence-corrected chi connectivity index (χ0v) is 11.9. The van der Waals surface area contributed by atoms with Gasteiger partial charge in [-0.15, -0.1) is 0 Å². The SMILES string of the molecule is CC1CS(=O)(=O)CCN1CCNCC1CCOC1. The molecule has 2 atom stereocenters. The summed E-state index contributed by atoms with van der Waals surface area (Å²) in [6.45, 7) is 7.34. The lowest BCUT2D eigenvalue weighted by molar-refractivity contribution is 0.184. The molecule has 1 N–H and O–H groups in total. The number of nitrogens with zero attached hydrogens (tertiary/aromatic N) is 1. The van der Waals surface area contributed by atoms with E-state index in [-0.39, 0.29) is 6.04 Å². The van der Waals surface area contributed by atoms with E-state index in [1.165, 1.54) is 0 Å². The Labute approximate surface area is 110 Å². The van der Waals surface area contributed by atoms with Gasteiger partial charge in [-0.05, 0) is 19.3 Å². The first-order chi connectivity index (χ1) is 8.57. The van der Waals surface area contributed by atoms with E-state index < -0.39 is 9.84 Å². The van der Waals surface area contributed by atoms with E-state index >= 15 is 0 Å². The molecule has 0 aromatic rings. The van der Waals surface area contributed by atoms with E-state index in [0.717, 1.165) is 39.3 Å². The van der Waals surface area contributed by atoms with Crippen molar-refractivity contribution in [1.29, 1.82) is 0 Å². The fraction of sp³-hybridized carbons (Fsp3) is 1.00. The summed E-state index contributed by atoms with van der Waals surface area (Å²) in [7, 11) is -2.79. The summed E-state index contributed by atoms with van der Waals surface area (Å²) in [6, 6.07) is 0.153. The van der Waals surface area contributed by atoms with Gasteiger partial charge >= 0.3 is 0 Å². The molecule has 5 nitrogen and oxygen atoms in total. The van der Waals surface area contributed by atoms with Crippen LogP contribution in [0.25, 0.3) is 0 Å². The van der Waals surface area contributed by atoms with Crippen molar-refractivity contribution in [3.05, 3.63) is 0 Å². The smallest absolute Gasteiger partial charge is 0.153 e. The highest BCUT2D eigenvalue weighted by molar-refractivity contribution is 7.91. The quantitative estimate of drug-likeness (QED) is 0.701. The van der Waals surface area contributed by atoms with Crippen molar-refractivity contribution in [1.82, 2.24) is 10.2 Å². The number of hydrogen-bond donors (Lipinski definition) is 1. The minimum atomic E-state index is -2.79. The van der Waals surface area contributed by atoms with Crippen molar-refractivity contribution in [3.8, 4) is 0 Å². The summed E-state index contributed by atoms with van der Waals surface area (Å²) in [6.07, 6.45) is 1.16. The molecular formula is C12H24N2O3S. The Hall–Kier alpha value is -0.170. The average molecular weight is 276 g/mol. The van der Waals surface area contributed by atoms with Crippen molar-refractivity contribution in [2.75, 3.05) is 50.9 Å². The summed E-state index contributed by atoms with van der Waals surface area (Å²) >= 11 is 0. The van der Waals surface area contributed by atoms with Crippen LogP contribution in [-0.4, -0.2) is 70.3 Å². The van der Waals surface area contributed by atoms with Crippen LogP contribution in [0.15, 0.2) is 0 Å². The number of nitrogens with one attached hydrogen (secondary N) is 1. The molecule has 2 unspecified atom stereocenters. The van der Waals surface area contributed by atoms with Crippen molar-refractivity contribution < 1.29 is 13.2 Å². The van der Waals surface area contributed by atoms with Gasteiger partial charge in [0.15, 0.2) is 9.84 Å². The summed E-state index contributed by atoms with van der Waals surface area (Å²) in [5.74, 6) is 1.28. The van der Waals surface area contributed by atoms with Gasteiger partial charge < -0.3 is 10.1 Å². The van der Waals surface area contributed by atoms with Gasteiger partial charge in [0.2, 0.25) is 0 Å². The summed E-state index contributed by atoms with van der Waals surface area (Å²) < 4.78 is 28.2. The molecule has 0 aromatic carbocycles. The molecule has 2 aliphatic heterocycles. The van der Waals surface area contributed by atoms with Gasteiger partial charge in [-0.25, -0.2) is 8.42 Å². The van der Waals surface area contributed by atoms with Gasteiger partial charge in [-0.3, -0.25) is 4.90 Å². The van der Waals surface area contributed by atoms with E-state index in [4.69, 9.17) is 4.74 Å². The molecule has 2 aliphatic rings. The third kappa shape index (κ3) is 4.19. The van der Waals surface area contributed by atoms with Crippen LogP contribution in [0.1, 0.15) is 13.3 Å². The monoisotopic (exact) mass is 276 g/mol. The largest absolute Gasteiger partial charge is 0.381 e. The predicted octanol–water partition coefficient (Wildman–Crippen LogP) is -0.269. The molecule has 0 amide bonds. The molecule has 0 bridgehead atoms. The molecule has 6 heteroatoms. The van der Waals surface area contributed by atoms with Crippen LogP contribution < -0.4 is 5.32 Å². The first kappa shape index (κ1) is 14.2. The molecule has 0 aromatic heterocycles. The third-order valence-corrected chi connectivity index (χ3v) is 5.64. The fourth-order valence-corrected chi connectivity index (χ4v) is 4.26. The highest BCUT2D eigenvalue weighted by Gasteiger charge is 2.27. The Bertz CT molecular complexity index is 352. The minimum Gasteiger partial charge on any atom is -0.381 e. The lowest BCUT2D eigenvalue weighted by Crippen LogP contribution is -2.49. The molecule has 0 aliphatic carbocycles. The third-order valence-electron chi connectivity index (χ3n) is 3.84. The number of sulfone groups is 1. The second kappa shape index (κ2) is 6.32. The zero-order chi connectivity index (χ0) is 13.0. The van der Waals surface area contributed by atoms with Crippen LogP contribution in [0.2, 0.25) is 0 Å². The van der Waals surface area contributed by atoms with Crippen LogP contribution in [0.3, 0.4) is 0 Å². The van der Waals surface area contributed by atoms with Gasteiger partial charge in [0.25, 0.3) is 0 Å². The molecular weight excluding hydrogens is 252 g/mol. The Morgan fingerprint density at radius 3 is 2.94 bits per heavy atom. The fourth-order valence-electron chi connectivity index (χ4n) is 2.64. The lowest BCUT2D eigenvalue weighted by Gasteiger charge is -2.33. The van der Waals surface area contributed by atoms with Crippen molar-refractivity contribution in [2.24, 2.45) is 5.92 Å². The Morgan fingerprint density at radius 1 is 1.44 bits per heavy atom. The standard InChI is InChI=1S/C12H24N2O3S/c1-11-10-18(15,16)7-5-14(11)4-3-13-8-12-2-6-17-9-12/h11-13H,2-10H2,1H3. The topological polar surface area (TPSA) is 58.6 Å². The van der Waals surface area contributed by atoms with Crippen molar-refractivity contribution >= 4 is 9.84 Å². The van der Waals surface area contributed by atoms with E-state index in [1.54, 1.807) is 0 Å². The molecule has 2 heterocycles. The van der Waals surface area contributed by atoms with Crippen LogP contribution in [0, 0.1) is 5.92 Å². The van der Waals surface area contributed by atoms with E-state index in [0.29, 0.717) is 24.0 Å². The van der Waals surface area contributed by atoms with Crippen molar-refractivity contribution in [2.45, 2.75) is 19.4 Å². The van der Waals surface area contributed by atoms with Crippen LogP contribution in [-0.2, 0) is 14.6 Å². The van der Waals surface area contributed by atoms with E-state index in [2.05, 4.69) is 10.2 Å². The first-order valence-electron chi connectivity index (χ1n) is 6.80. The molecule has 0 spiro atoms. The molecule has 2 fully saturated rings. The summed E-state index contributed by atoms with van der Waals surface area (Å²) in [4.78, 5) is 2.26. The molecule has 0 radical (unpaired) electrons. The highest BCUT2D eigenvalue weighted by Crippen LogP contribution is 2.11. The number of ether oxygens (including phenoxy) is 1. The second-order valence-electron chi connectivity index (χ2n) is 5.43. The molecule has 2 saturated heterocycles. The zero-order valence-electron chi connectivity index (χ0n) is 11.1. The van der Waals surface area contributed by atoms with Gasteiger partial charge in [0, 0.05) is 38.8 Å². The maximum atomic E-state index is 11.5. The maximum absolute atomic E-state index is 11.5. The van der Waals surface area contributed by atoms with E-state index in [9.17, 15) is 8.42 Å². The van der Waals surface area contributed by atoms with Gasteiger partial charge in [-0.2, -0.15) is 0 Å². The molecule has 106 valence electrons. The Balaban J connectivity index is 1.61. The van der Waals surface area contributed by atoms with Crippen LogP contribution >= 0.6 is 0 Å². The Kier molecular flexibility index (Phi) is 5.00. The van der Waals surface area contributed by atoms with Crippen molar-refractivity contribution in [3.63, 3.8) is 0 Å². The van der Waals surface area contributed by atoms with Gasteiger partial charge in [0.05, 0.1) is 18.1 Å². The summed E-state index contributed by atoms with van der Waals surface area (Å²) in [5.41, 5.74) is 0. The second-order valence-corrected chi connectivity index (χ2v) is 7.66. The number of rotatable bonds is 5. The minimum absolute atomic E-state index is 0.153. The number of hydrogen-bond acceptors (Lipinski definition) is 5.